The molecule has 2 N–H and O–H groups in total. The second kappa shape index (κ2) is 4.35. The SMILES string of the molecule is COc1cccc2c1CNC2c1cccc(O)c1. The number of nitrogens with one attached hydrogen (secondary N) is 1. The summed E-state index contributed by atoms with van der Waals surface area (Å²) >= 11 is 0. The van der Waals surface area contributed by atoms with Crippen LogP contribution in [0.2, 0.25) is 0 Å². The van der Waals surface area contributed by atoms with Crippen molar-refractivity contribution in [2.45, 2.75) is 12.6 Å². The molecule has 0 aliphatic carbocycles. The monoisotopic (exact) mass is 241 g/mol. The lowest BCUT2D eigenvalue weighted by Gasteiger charge is -2.13. The first-order chi connectivity index (χ1) is 8.79. The second-order valence-electron chi connectivity index (χ2n) is 4.44. The molecule has 1 aliphatic rings. The van der Waals surface area contributed by atoms with E-state index in [-0.39, 0.29) is 6.04 Å². The van der Waals surface area contributed by atoms with Crippen molar-refractivity contribution >= 4 is 0 Å². The van der Waals surface area contributed by atoms with Gasteiger partial charge in [0, 0.05) is 12.1 Å². The molecule has 0 aromatic heterocycles. The van der Waals surface area contributed by atoms with Crippen molar-refractivity contribution in [3.05, 3.63) is 59.2 Å². The minimum Gasteiger partial charge on any atom is -0.508 e. The number of fused-ring (bicyclic) bond motifs is 1. The van der Waals surface area contributed by atoms with E-state index in [0.29, 0.717) is 5.75 Å². The molecule has 0 radical (unpaired) electrons. The lowest BCUT2D eigenvalue weighted by molar-refractivity contribution is 0.410. The predicted molar refractivity (Wildman–Crippen MR) is 69.8 cm³/mol. The Bertz CT molecular complexity index is 580. The number of benzene rings is 2. The van der Waals surface area contributed by atoms with Gasteiger partial charge in [0.05, 0.1) is 13.2 Å². The summed E-state index contributed by atoms with van der Waals surface area (Å²) in [5.41, 5.74) is 3.50. The van der Waals surface area contributed by atoms with Crippen LogP contribution in [0.15, 0.2) is 42.5 Å². The number of hydrogen-bond donors (Lipinski definition) is 2. The van der Waals surface area contributed by atoms with Crippen LogP contribution < -0.4 is 10.1 Å². The average Bonchev–Trinajstić information content (AvgIpc) is 2.82. The largest absolute Gasteiger partial charge is 0.508 e. The molecule has 1 aliphatic heterocycles. The zero-order valence-corrected chi connectivity index (χ0v) is 10.2. The van der Waals surface area contributed by atoms with Crippen molar-refractivity contribution in [3.8, 4) is 11.5 Å². The number of ether oxygens (including phenoxy) is 1. The van der Waals surface area contributed by atoms with Crippen LogP contribution in [0.3, 0.4) is 0 Å². The van der Waals surface area contributed by atoms with Crippen molar-refractivity contribution in [1.82, 2.24) is 5.32 Å². The summed E-state index contributed by atoms with van der Waals surface area (Å²) in [5.74, 6) is 1.22. The Hall–Kier alpha value is -2.00. The van der Waals surface area contributed by atoms with Crippen LogP contribution in [0.4, 0.5) is 0 Å². The molecule has 1 unspecified atom stereocenters. The smallest absolute Gasteiger partial charge is 0.123 e. The third kappa shape index (κ3) is 1.73. The standard InChI is InChI=1S/C15H15NO2/c1-18-14-7-3-6-12-13(14)9-16-15(12)10-4-2-5-11(17)8-10/h2-8,15-17H,9H2,1H3. The van der Waals surface area contributed by atoms with Gasteiger partial charge in [-0.25, -0.2) is 0 Å². The Morgan fingerprint density at radius 1 is 1.22 bits per heavy atom. The van der Waals surface area contributed by atoms with Crippen molar-refractivity contribution in [2.24, 2.45) is 0 Å². The number of rotatable bonds is 2. The summed E-state index contributed by atoms with van der Waals surface area (Å²) in [4.78, 5) is 0. The number of methoxy groups -OCH3 is 1. The third-order valence-electron chi connectivity index (χ3n) is 3.39. The Kier molecular flexibility index (Phi) is 2.68. The summed E-state index contributed by atoms with van der Waals surface area (Å²) in [7, 11) is 1.69. The van der Waals surface area contributed by atoms with Crippen molar-refractivity contribution in [1.29, 1.82) is 0 Å². The molecule has 1 atom stereocenters. The molecule has 2 aromatic rings. The van der Waals surface area contributed by atoms with E-state index in [9.17, 15) is 5.11 Å². The maximum absolute atomic E-state index is 9.57. The Labute approximate surface area is 106 Å². The molecule has 0 saturated carbocycles. The quantitative estimate of drug-likeness (QED) is 0.849. The number of aromatic hydroxyl groups is 1. The molecule has 92 valence electrons. The maximum Gasteiger partial charge on any atom is 0.123 e. The number of hydrogen-bond acceptors (Lipinski definition) is 3. The van der Waals surface area contributed by atoms with E-state index in [1.807, 2.05) is 24.3 Å². The minimum atomic E-state index is 0.127. The Morgan fingerprint density at radius 2 is 2.06 bits per heavy atom. The van der Waals surface area contributed by atoms with Gasteiger partial charge < -0.3 is 15.2 Å². The molecule has 18 heavy (non-hydrogen) atoms. The fourth-order valence-corrected chi connectivity index (χ4v) is 2.55. The van der Waals surface area contributed by atoms with Crippen LogP contribution in [0.25, 0.3) is 0 Å². The fourth-order valence-electron chi connectivity index (χ4n) is 2.55. The van der Waals surface area contributed by atoms with Gasteiger partial charge in [-0.15, -0.1) is 0 Å². The van der Waals surface area contributed by atoms with Crippen LogP contribution in [0.5, 0.6) is 11.5 Å². The lowest BCUT2D eigenvalue weighted by atomic mass is 9.98. The van der Waals surface area contributed by atoms with Crippen molar-refractivity contribution in [2.75, 3.05) is 7.11 Å². The van der Waals surface area contributed by atoms with E-state index in [1.165, 1.54) is 11.1 Å². The highest BCUT2D eigenvalue weighted by Gasteiger charge is 2.25. The highest BCUT2D eigenvalue weighted by molar-refractivity contribution is 5.49. The molecule has 3 nitrogen and oxygen atoms in total. The second-order valence-corrected chi connectivity index (χ2v) is 4.44. The summed E-state index contributed by atoms with van der Waals surface area (Å²) < 4.78 is 5.38. The summed E-state index contributed by atoms with van der Waals surface area (Å²) in [5, 5.41) is 13.0. The lowest BCUT2D eigenvalue weighted by Crippen LogP contribution is -2.12. The first kappa shape index (κ1) is 11.1. The number of phenols is 1. The van der Waals surface area contributed by atoms with E-state index in [2.05, 4.69) is 11.4 Å². The van der Waals surface area contributed by atoms with Crippen molar-refractivity contribution < 1.29 is 9.84 Å². The van der Waals surface area contributed by atoms with Crippen molar-refractivity contribution in [3.63, 3.8) is 0 Å². The van der Waals surface area contributed by atoms with Crippen LogP contribution in [0.1, 0.15) is 22.7 Å². The highest BCUT2D eigenvalue weighted by Crippen LogP contribution is 2.36. The molecule has 2 aromatic carbocycles. The van der Waals surface area contributed by atoms with Gasteiger partial charge in [0.25, 0.3) is 0 Å². The minimum absolute atomic E-state index is 0.127. The molecule has 3 rings (SSSR count). The summed E-state index contributed by atoms with van der Waals surface area (Å²) in [6.45, 7) is 0.791. The average molecular weight is 241 g/mol. The Morgan fingerprint density at radius 3 is 2.83 bits per heavy atom. The van der Waals surface area contributed by atoms with E-state index >= 15 is 0 Å². The van der Waals surface area contributed by atoms with Crippen LogP contribution in [-0.4, -0.2) is 12.2 Å². The zero-order valence-electron chi connectivity index (χ0n) is 10.2. The molecule has 3 heteroatoms. The molecular formula is C15H15NO2. The summed E-state index contributed by atoms with van der Waals surface area (Å²) in [6.07, 6.45) is 0. The van der Waals surface area contributed by atoms with E-state index in [0.717, 1.165) is 17.9 Å². The van der Waals surface area contributed by atoms with Gasteiger partial charge in [0.1, 0.15) is 11.5 Å². The van der Waals surface area contributed by atoms with Gasteiger partial charge in [0.2, 0.25) is 0 Å². The van der Waals surface area contributed by atoms with Crippen LogP contribution >= 0.6 is 0 Å². The number of phenolic OH excluding ortho intramolecular Hbond substituents is 1. The zero-order chi connectivity index (χ0) is 12.5. The van der Waals surface area contributed by atoms with Gasteiger partial charge in [-0.1, -0.05) is 24.3 Å². The van der Waals surface area contributed by atoms with Gasteiger partial charge in [-0.05, 0) is 29.3 Å². The van der Waals surface area contributed by atoms with Gasteiger partial charge in [-0.2, -0.15) is 0 Å². The summed E-state index contributed by atoms with van der Waals surface area (Å²) in [6, 6.07) is 13.6. The third-order valence-corrected chi connectivity index (χ3v) is 3.39. The first-order valence-electron chi connectivity index (χ1n) is 5.97. The van der Waals surface area contributed by atoms with E-state index in [4.69, 9.17) is 4.74 Å². The molecular weight excluding hydrogens is 226 g/mol. The van der Waals surface area contributed by atoms with Gasteiger partial charge >= 0.3 is 0 Å². The van der Waals surface area contributed by atoms with E-state index in [1.54, 1.807) is 19.2 Å². The molecule has 0 amide bonds. The van der Waals surface area contributed by atoms with Gasteiger partial charge in [-0.3, -0.25) is 0 Å². The molecule has 1 heterocycles. The molecule has 0 spiro atoms. The predicted octanol–water partition coefficient (Wildman–Crippen LogP) is 2.59. The van der Waals surface area contributed by atoms with Crippen LogP contribution in [0, 0.1) is 0 Å². The molecule has 0 fully saturated rings. The first-order valence-corrected chi connectivity index (χ1v) is 5.97. The molecule has 0 saturated heterocycles. The van der Waals surface area contributed by atoms with E-state index < -0.39 is 0 Å². The van der Waals surface area contributed by atoms with Crippen LogP contribution in [-0.2, 0) is 6.54 Å². The topological polar surface area (TPSA) is 41.5 Å². The fraction of sp³-hybridized carbons (Fsp3) is 0.200. The maximum atomic E-state index is 9.57. The molecule has 0 bridgehead atoms. The van der Waals surface area contributed by atoms with Gasteiger partial charge in [0.15, 0.2) is 0 Å². The highest BCUT2D eigenvalue weighted by atomic mass is 16.5. The Balaban J connectivity index is 2.05. The normalized spacial score (nSPS) is 17.5.